The van der Waals surface area contributed by atoms with E-state index in [-0.39, 0.29) is 48.0 Å². The maximum atomic E-state index is 12.1. The number of ether oxygens (including phenoxy) is 1. The number of hydrogen-bond donors (Lipinski definition) is 1. The molecule has 0 unspecified atom stereocenters. The summed E-state index contributed by atoms with van der Waals surface area (Å²) in [6.45, 7) is 5.64. The monoisotopic (exact) mass is 357 g/mol. The molecule has 0 aliphatic heterocycles. The first-order valence-corrected chi connectivity index (χ1v) is 7.75. The molecule has 8 nitrogen and oxygen atoms in total. The molecular weight excluding hydrogens is 338 g/mol. The van der Waals surface area contributed by atoms with Gasteiger partial charge in [0.25, 0.3) is 5.69 Å². The van der Waals surface area contributed by atoms with Gasteiger partial charge in [-0.2, -0.15) is 0 Å². The highest BCUT2D eigenvalue weighted by atomic mass is 35.5. The van der Waals surface area contributed by atoms with Crippen molar-refractivity contribution in [2.45, 2.75) is 26.8 Å². The molecule has 0 aliphatic carbocycles. The van der Waals surface area contributed by atoms with Gasteiger partial charge in [-0.3, -0.25) is 24.6 Å². The Hall–Kier alpha value is -2.19. The molecule has 1 amide bonds. The van der Waals surface area contributed by atoms with E-state index in [9.17, 15) is 19.7 Å². The number of carbonyl (C=O) groups excluding carboxylic acids is 2. The van der Waals surface area contributed by atoms with Crippen molar-refractivity contribution in [3.05, 3.63) is 33.3 Å². The second kappa shape index (κ2) is 9.19. The van der Waals surface area contributed by atoms with Crippen molar-refractivity contribution in [3.8, 4) is 0 Å². The molecule has 9 heteroatoms. The number of nitrogens with zero attached hydrogens (tertiary/aromatic N) is 2. The molecule has 24 heavy (non-hydrogen) atoms. The Bertz CT molecular complexity index is 621. The molecule has 0 radical (unpaired) electrons. The summed E-state index contributed by atoms with van der Waals surface area (Å²) in [5, 5.41) is 13.3. The number of nitro groups is 1. The number of rotatable bonds is 8. The van der Waals surface area contributed by atoms with Crippen LogP contribution in [0.1, 0.15) is 20.8 Å². The second-order valence-corrected chi connectivity index (χ2v) is 5.68. The van der Waals surface area contributed by atoms with Crippen LogP contribution >= 0.6 is 11.6 Å². The summed E-state index contributed by atoms with van der Waals surface area (Å²) in [5.74, 6) is -0.795. The summed E-state index contributed by atoms with van der Waals surface area (Å²) < 4.78 is 4.88. The lowest BCUT2D eigenvalue weighted by Crippen LogP contribution is -2.41. The number of esters is 1. The summed E-state index contributed by atoms with van der Waals surface area (Å²) in [5.41, 5.74) is 0.108. The molecular formula is C15H20ClN3O5. The fourth-order valence-corrected chi connectivity index (χ4v) is 2.11. The maximum Gasteiger partial charge on any atom is 0.320 e. The number of halogens is 1. The Morgan fingerprint density at radius 2 is 2.04 bits per heavy atom. The van der Waals surface area contributed by atoms with Gasteiger partial charge in [0.1, 0.15) is 0 Å². The van der Waals surface area contributed by atoms with Crippen LogP contribution in [0.4, 0.5) is 11.4 Å². The van der Waals surface area contributed by atoms with Crippen LogP contribution in [0.2, 0.25) is 5.02 Å². The number of benzene rings is 1. The summed E-state index contributed by atoms with van der Waals surface area (Å²) in [4.78, 5) is 35.5. The van der Waals surface area contributed by atoms with E-state index in [4.69, 9.17) is 16.3 Å². The molecule has 0 aromatic heterocycles. The van der Waals surface area contributed by atoms with E-state index in [2.05, 4.69) is 5.32 Å². The van der Waals surface area contributed by atoms with Crippen molar-refractivity contribution < 1.29 is 19.2 Å². The van der Waals surface area contributed by atoms with Gasteiger partial charge in [0, 0.05) is 18.2 Å². The topological polar surface area (TPSA) is 102 Å². The molecule has 0 atom stereocenters. The average Bonchev–Trinajstić information content (AvgIpc) is 2.48. The number of hydrogen-bond acceptors (Lipinski definition) is 6. The third-order valence-electron chi connectivity index (χ3n) is 3.15. The van der Waals surface area contributed by atoms with E-state index in [1.54, 1.807) is 11.8 Å². The van der Waals surface area contributed by atoms with E-state index in [0.29, 0.717) is 0 Å². The second-order valence-electron chi connectivity index (χ2n) is 5.27. The Labute approximate surface area is 144 Å². The van der Waals surface area contributed by atoms with Crippen LogP contribution < -0.4 is 5.32 Å². The van der Waals surface area contributed by atoms with Crippen LogP contribution in [0, 0.1) is 10.1 Å². The van der Waals surface area contributed by atoms with Gasteiger partial charge in [-0.25, -0.2) is 0 Å². The quantitative estimate of drug-likeness (QED) is 0.435. The van der Waals surface area contributed by atoms with Crippen molar-refractivity contribution in [1.29, 1.82) is 0 Å². The highest BCUT2D eigenvalue weighted by molar-refractivity contribution is 6.34. The number of carbonyl (C=O) groups is 2. The lowest BCUT2D eigenvalue weighted by Gasteiger charge is -2.24. The molecule has 0 saturated carbocycles. The molecule has 132 valence electrons. The molecule has 1 rings (SSSR count). The standard InChI is InChI=1S/C15H20ClN3O5/c1-4-24-15(21)9-18(10(2)3)8-14(20)17-13-6-5-11(19(22)23)7-12(13)16/h5-7,10H,4,8-9H2,1-3H3,(H,17,20). The van der Waals surface area contributed by atoms with E-state index in [1.165, 1.54) is 12.1 Å². The normalized spacial score (nSPS) is 10.8. The summed E-state index contributed by atoms with van der Waals surface area (Å²) in [6.07, 6.45) is 0. The zero-order valence-corrected chi connectivity index (χ0v) is 14.5. The highest BCUT2D eigenvalue weighted by Gasteiger charge is 2.19. The number of nitro benzene ring substituents is 1. The van der Waals surface area contributed by atoms with E-state index in [1.807, 2.05) is 13.8 Å². The minimum Gasteiger partial charge on any atom is -0.465 e. The molecule has 0 heterocycles. The van der Waals surface area contributed by atoms with Crippen LogP contribution in [0.15, 0.2) is 18.2 Å². The number of anilines is 1. The lowest BCUT2D eigenvalue weighted by molar-refractivity contribution is -0.384. The van der Waals surface area contributed by atoms with E-state index >= 15 is 0 Å². The van der Waals surface area contributed by atoms with Crippen LogP contribution in [0.25, 0.3) is 0 Å². The van der Waals surface area contributed by atoms with Gasteiger partial charge >= 0.3 is 5.97 Å². The Morgan fingerprint density at radius 1 is 1.38 bits per heavy atom. The van der Waals surface area contributed by atoms with Gasteiger partial charge in [-0.1, -0.05) is 11.6 Å². The van der Waals surface area contributed by atoms with Crippen molar-refractivity contribution >= 4 is 34.9 Å². The molecule has 1 aromatic rings. The first kappa shape index (κ1) is 19.9. The Morgan fingerprint density at radius 3 is 2.54 bits per heavy atom. The van der Waals surface area contributed by atoms with Gasteiger partial charge in [0.15, 0.2) is 0 Å². The first-order valence-electron chi connectivity index (χ1n) is 7.38. The molecule has 1 aromatic carbocycles. The zero-order valence-electron chi connectivity index (χ0n) is 13.7. The van der Waals surface area contributed by atoms with Crippen LogP contribution in [0.3, 0.4) is 0 Å². The minimum atomic E-state index is -0.572. The van der Waals surface area contributed by atoms with Gasteiger partial charge in [-0.15, -0.1) is 0 Å². The largest absolute Gasteiger partial charge is 0.465 e. The summed E-state index contributed by atoms with van der Waals surface area (Å²) in [7, 11) is 0. The van der Waals surface area contributed by atoms with Gasteiger partial charge in [-0.05, 0) is 26.8 Å². The maximum absolute atomic E-state index is 12.1. The molecule has 0 saturated heterocycles. The molecule has 1 N–H and O–H groups in total. The van der Waals surface area contributed by atoms with Crippen molar-refractivity contribution in [2.75, 3.05) is 25.0 Å². The SMILES string of the molecule is CCOC(=O)CN(CC(=O)Nc1ccc([N+](=O)[O-])cc1Cl)C(C)C. The molecule has 0 fully saturated rings. The lowest BCUT2D eigenvalue weighted by atomic mass is 10.2. The Balaban J connectivity index is 2.72. The third kappa shape index (κ3) is 6.13. The molecule has 0 aliphatic rings. The predicted octanol–water partition coefficient (Wildman–Crippen LogP) is 2.46. The fourth-order valence-electron chi connectivity index (χ4n) is 1.89. The van der Waals surface area contributed by atoms with Crippen molar-refractivity contribution in [1.82, 2.24) is 4.90 Å². The van der Waals surface area contributed by atoms with Gasteiger partial charge in [0.05, 0.1) is 35.3 Å². The fraction of sp³-hybridized carbons (Fsp3) is 0.467. The van der Waals surface area contributed by atoms with Crippen molar-refractivity contribution in [3.63, 3.8) is 0 Å². The number of nitrogens with one attached hydrogen (secondary N) is 1. The number of non-ortho nitro benzene ring substituents is 1. The number of amides is 1. The average molecular weight is 358 g/mol. The van der Waals surface area contributed by atoms with Crippen LogP contribution in [-0.4, -0.2) is 47.4 Å². The highest BCUT2D eigenvalue weighted by Crippen LogP contribution is 2.26. The minimum absolute atomic E-state index is 0.00702. The van der Waals surface area contributed by atoms with E-state index < -0.39 is 10.9 Å². The first-order chi connectivity index (χ1) is 11.2. The smallest absolute Gasteiger partial charge is 0.320 e. The Kier molecular flexibility index (Phi) is 7.60. The molecule has 0 bridgehead atoms. The molecule has 0 spiro atoms. The summed E-state index contributed by atoms with van der Waals surface area (Å²) >= 11 is 5.94. The van der Waals surface area contributed by atoms with Crippen LogP contribution in [-0.2, 0) is 14.3 Å². The zero-order chi connectivity index (χ0) is 18.3. The summed E-state index contributed by atoms with van der Waals surface area (Å²) in [6, 6.07) is 3.73. The predicted molar refractivity (Wildman–Crippen MR) is 90.1 cm³/mol. The van der Waals surface area contributed by atoms with Gasteiger partial charge in [0.2, 0.25) is 5.91 Å². The van der Waals surface area contributed by atoms with Crippen molar-refractivity contribution in [2.24, 2.45) is 0 Å². The third-order valence-corrected chi connectivity index (χ3v) is 3.46. The van der Waals surface area contributed by atoms with Gasteiger partial charge < -0.3 is 10.1 Å². The van der Waals surface area contributed by atoms with Crippen LogP contribution in [0.5, 0.6) is 0 Å². The van der Waals surface area contributed by atoms with E-state index in [0.717, 1.165) is 6.07 Å².